The molecule has 0 aromatic carbocycles. The van der Waals surface area contributed by atoms with Crippen molar-refractivity contribution < 1.29 is 14.6 Å². The molecule has 2 rings (SSSR count). The average Bonchev–Trinajstić information content (AvgIpc) is 2.81. The van der Waals surface area contributed by atoms with E-state index in [1.165, 1.54) is 0 Å². The van der Waals surface area contributed by atoms with Gasteiger partial charge in [0.15, 0.2) is 0 Å². The van der Waals surface area contributed by atoms with Crippen molar-refractivity contribution >= 4 is 11.8 Å². The van der Waals surface area contributed by atoms with Crippen molar-refractivity contribution in [2.24, 2.45) is 0 Å². The number of aromatic nitrogens is 1. The summed E-state index contributed by atoms with van der Waals surface area (Å²) < 4.78 is 5.58. The Morgan fingerprint density at radius 3 is 3.00 bits per heavy atom. The smallest absolute Gasteiger partial charge is 0.339 e. The summed E-state index contributed by atoms with van der Waals surface area (Å²) in [4.78, 5) is 15.4. The van der Waals surface area contributed by atoms with Gasteiger partial charge in [0.05, 0.1) is 12.1 Å². The van der Waals surface area contributed by atoms with E-state index in [2.05, 4.69) is 10.3 Å². The van der Waals surface area contributed by atoms with Gasteiger partial charge < -0.3 is 15.2 Å². The Hall–Kier alpha value is -1.62. The van der Waals surface area contributed by atoms with Crippen LogP contribution in [0.25, 0.3) is 0 Å². The molecule has 1 fully saturated rings. The maximum absolute atomic E-state index is 11.1. The van der Waals surface area contributed by atoms with Gasteiger partial charge in [-0.15, -0.1) is 0 Å². The lowest BCUT2D eigenvalue weighted by Gasteiger charge is -2.21. The number of ether oxygens (including phenoxy) is 1. The summed E-state index contributed by atoms with van der Waals surface area (Å²) in [5.74, 6) is -0.546. The summed E-state index contributed by atoms with van der Waals surface area (Å²) in [5.41, 5.74) is 0.993. The molecule has 1 aliphatic heterocycles. The van der Waals surface area contributed by atoms with Gasteiger partial charge in [-0.05, 0) is 38.8 Å². The number of rotatable bonds is 4. The fourth-order valence-corrected chi connectivity index (χ4v) is 2.14. The largest absolute Gasteiger partial charge is 0.478 e. The molecule has 18 heavy (non-hydrogen) atoms. The van der Waals surface area contributed by atoms with Gasteiger partial charge >= 0.3 is 5.97 Å². The van der Waals surface area contributed by atoms with E-state index >= 15 is 0 Å². The zero-order chi connectivity index (χ0) is 13.1. The van der Waals surface area contributed by atoms with E-state index in [0.717, 1.165) is 25.1 Å². The van der Waals surface area contributed by atoms with Crippen LogP contribution in [0.5, 0.6) is 0 Å². The highest BCUT2D eigenvalue weighted by molar-refractivity contribution is 5.93. The highest BCUT2D eigenvalue weighted by Gasteiger charge is 2.24. The molecule has 0 aliphatic carbocycles. The topological polar surface area (TPSA) is 71.5 Å². The molecule has 2 unspecified atom stereocenters. The standard InChI is InChI=1S/C13H18N2O3/c1-8-5-6-10(13(16)17)12(14-8)15-9(2)11-4-3-7-18-11/h5-6,9,11H,3-4,7H2,1-2H3,(H,14,15)(H,16,17). The Balaban J connectivity index is 2.16. The van der Waals surface area contributed by atoms with Crippen LogP contribution < -0.4 is 5.32 Å². The normalized spacial score (nSPS) is 20.7. The predicted octanol–water partition coefficient (Wildman–Crippen LogP) is 2.07. The molecule has 5 nitrogen and oxygen atoms in total. The summed E-state index contributed by atoms with van der Waals surface area (Å²) in [6, 6.07) is 3.33. The molecule has 0 radical (unpaired) electrons. The SMILES string of the molecule is Cc1ccc(C(=O)O)c(NC(C)C2CCCO2)n1. The number of anilines is 1. The van der Waals surface area contributed by atoms with Crippen LogP contribution in [0.2, 0.25) is 0 Å². The van der Waals surface area contributed by atoms with Gasteiger partial charge in [-0.2, -0.15) is 0 Å². The van der Waals surface area contributed by atoms with Gasteiger partial charge in [-0.1, -0.05) is 0 Å². The van der Waals surface area contributed by atoms with Crippen LogP contribution in [0.15, 0.2) is 12.1 Å². The van der Waals surface area contributed by atoms with Crippen LogP contribution in [-0.4, -0.2) is 34.8 Å². The van der Waals surface area contributed by atoms with Crippen molar-refractivity contribution in [2.45, 2.75) is 38.8 Å². The Labute approximate surface area is 106 Å². The zero-order valence-electron chi connectivity index (χ0n) is 10.6. The van der Waals surface area contributed by atoms with Gasteiger partial charge in [0.1, 0.15) is 11.4 Å². The van der Waals surface area contributed by atoms with E-state index in [4.69, 9.17) is 9.84 Å². The van der Waals surface area contributed by atoms with E-state index < -0.39 is 5.97 Å². The Morgan fingerprint density at radius 2 is 2.39 bits per heavy atom. The number of hydrogen-bond acceptors (Lipinski definition) is 4. The molecule has 1 saturated heterocycles. The third-order valence-electron chi connectivity index (χ3n) is 3.15. The van der Waals surface area contributed by atoms with Gasteiger partial charge in [-0.3, -0.25) is 0 Å². The number of nitrogens with zero attached hydrogens (tertiary/aromatic N) is 1. The van der Waals surface area contributed by atoms with Crippen LogP contribution in [0.3, 0.4) is 0 Å². The lowest BCUT2D eigenvalue weighted by atomic mass is 10.1. The quantitative estimate of drug-likeness (QED) is 0.856. The minimum Gasteiger partial charge on any atom is -0.478 e. The summed E-state index contributed by atoms with van der Waals surface area (Å²) in [6.07, 6.45) is 2.19. The number of carbonyl (C=O) groups is 1. The number of aryl methyl sites for hydroxylation is 1. The second-order valence-electron chi connectivity index (χ2n) is 4.64. The van der Waals surface area contributed by atoms with Crippen molar-refractivity contribution in [2.75, 3.05) is 11.9 Å². The Morgan fingerprint density at radius 1 is 1.61 bits per heavy atom. The molecule has 0 amide bonds. The average molecular weight is 250 g/mol. The van der Waals surface area contributed by atoms with Crippen molar-refractivity contribution in [3.05, 3.63) is 23.4 Å². The summed E-state index contributed by atoms with van der Waals surface area (Å²) in [7, 11) is 0. The molecule has 1 aromatic heterocycles. The summed E-state index contributed by atoms with van der Waals surface area (Å²) >= 11 is 0. The highest BCUT2D eigenvalue weighted by Crippen LogP contribution is 2.20. The van der Waals surface area contributed by atoms with Crippen LogP contribution in [0.4, 0.5) is 5.82 Å². The molecular formula is C13H18N2O3. The van der Waals surface area contributed by atoms with Crippen molar-refractivity contribution in [1.82, 2.24) is 4.98 Å². The monoisotopic (exact) mass is 250 g/mol. The predicted molar refractivity (Wildman–Crippen MR) is 68.0 cm³/mol. The number of nitrogens with one attached hydrogen (secondary N) is 1. The minimum absolute atomic E-state index is 0.0555. The lowest BCUT2D eigenvalue weighted by Crippen LogP contribution is -2.31. The number of hydrogen-bond donors (Lipinski definition) is 2. The first-order valence-corrected chi connectivity index (χ1v) is 6.17. The summed E-state index contributed by atoms with van der Waals surface area (Å²) in [5, 5.41) is 12.3. The molecule has 2 atom stereocenters. The highest BCUT2D eigenvalue weighted by atomic mass is 16.5. The number of aromatic carboxylic acids is 1. The second-order valence-corrected chi connectivity index (χ2v) is 4.64. The minimum atomic E-state index is -0.968. The van der Waals surface area contributed by atoms with Gasteiger partial charge in [-0.25, -0.2) is 9.78 Å². The van der Waals surface area contributed by atoms with Crippen LogP contribution >= 0.6 is 0 Å². The molecule has 98 valence electrons. The molecular weight excluding hydrogens is 232 g/mol. The molecule has 0 bridgehead atoms. The van der Waals surface area contributed by atoms with E-state index in [1.807, 2.05) is 13.8 Å². The van der Waals surface area contributed by atoms with E-state index in [1.54, 1.807) is 12.1 Å². The molecule has 1 aromatic rings. The number of carboxylic acids is 1. The van der Waals surface area contributed by atoms with Crippen LogP contribution in [-0.2, 0) is 4.74 Å². The van der Waals surface area contributed by atoms with Gasteiger partial charge in [0, 0.05) is 12.3 Å². The van der Waals surface area contributed by atoms with Gasteiger partial charge in [0.25, 0.3) is 0 Å². The maximum Gasteiger partial charge on any atom is 0.339 e. The first-order chi connectivity index (χ1) is 8.58. The van der Waals surface area contributed by atoms with Crippen molar-refractivity contribution in [3.63, 3.8) is 0 Å². The number of pyridine rings is 1. The van der Waals surface area contributed by atoms with E-state index in [9.17, 15) is 4.79 Å². The third kappa shape index (κ3) is 2.79. The molecule has 2 heterocycles. The zero-order valence-corrected chi connectivity index (χ0v) is 10.6. The van der Waals surface area contributed by atoms with Crippen molar-refractivity contribution in [3.8, 4) is 0 Å². The Kier molecular flexibility index (Phi) is 3.81. The molecule has 5 heteroatoms. The fraction of sp³-hybridized carbons (Fsp3) is 0.538. The first-order valence-electron chi connectivity index (χ1n) is 6.17. The molecule has 2 N–H and O–H groups in total. The number of carboxylic acid groups (broad SMARTS) is 1. The third-order valence-corrected chi connectivity index (χ3v) is 3.15. The molecule has 0 spiro atoms. The van der Waals surface area contributed by atoms with Crippen molar-refractivity contribution in [1.29, 1.82) is 0 Å². The fourth-order valence-electron chi connectivity index (χ4n) is 2.14. The van der Waals surface area contributed by atoms with Crippen LogP contribution in [0, 0.1) is 6.92 Å². The first kappa shape index (κ1) is 12.8. The van der Waals surface area contributed by atoms with Gasteiger partial charge in [0.2, 0.25) is 0 Å². The van der Waals surface area contributed by atoms with Crippen LogP contribution in [0.1, 0.15) is 35.8 Å². The molecule has 0 saturated carbocycles. The Bertz CT molecular complexity index is 442. The summed E-state index contributed by atoms with van der Waals surface area (Å²) in [6.45, 7) is 4.61. The second kappa shape index (κ2) is 5.35. The van der Waals surface area contributed by atoms with E-state index in [-0.39, 0.29) is 17.7 Å². The lowest BCUT2D eigenvalue weighted by molar-refractivity contribution is 0.0696. The maximum atomic E-state index is 11.1. The molecule has 1 aliphatic rings. The van der Waals surface area contributed by atoms with E-state index in [0.29, 0.717) is 5.82 Å².